The summed E-state index contributed by atoms with van der Waals surface area (Å²) in [6.07, 6.45) is 0. The molecule has 1 aromatic carbocycles. The molecule has 7 heteroatoms. The minimum Gasteiger partial charge on any atom is -0.368 e. The van der Waals surface area contributed by atoms with Crippen LogP contribution in [0.2, 0.25) is 0 Å². The third-order valence-electron chi connectivity index (χ3n) is 1.95. The Morgan fingerprint density at radius 2 is 1.82 bits per heavy atom. The van der Waals surface area contributed by atoms with Gasteiger partial charge in [0.15, 0.2) is 0 Å². The number of rotatable bonds is 4. The van der Waals surface area contributed by atoms with Crippen molar-refractivity contribution in [3.8, 4) is 0 Å². The van der Waals surface area contributed by atoms with Crippen LogP contribution in [-0.2, 0) is 9.59 Å². The van der Waals surface area contributed by atoms with E-state index in [2.05, 4.69) is 11.6 Å². The van der Waals surface area contributed by atoms with E-state index in [4.69, 9.17) is 5.73 Å². The average molecular weight is 263 g/mol. The van der Waals surface area contributed by atoms with Gasteiger partial charge in [0.2, 0.25) is 5.91 Å². The molecule has 1 rings (SSSR count). The lowest BCUT2D eigenvalue weighted by atomic mass is 10.1. The first-order chi connectivity index (χ1) is 7.82. The van der Waals surface area contributed by atoms with Crippen molar-refractivity contribution in [2.24, 2.45) is 5.73 Å². The zero-order chi connectivity index (χ0) is 13.1. The fraction of sp³-hybridized carbons (Fsp3) is 0.200. The molecule has 0 saturated carbocycles. The van der Waals surface area contributed by atoms with Crippen molar-refractivity contribution in [1.29, 1.82) is 0 Å². The van der Waals surface area contributed by atoms with Gasteiger partial charge in [0.25, 0.3) is 0 Å². The second-order valence-electron chi connectivity index (χ2n) is 3.22. The van der Waals surface area contributed by atoms with Gasteiger partial charge >= 0.3 is 11.3 Å². The fourth-order valence-electron chi connectivity index (χ4n) is 1.18. The second-order valence-corrected chi connectivity index (χ2v) is 3.69. The molecule has 0 radical (unpaired) electrons. The molecule has 1 atom stereocenters. The van der Waals surface area contributed by atoms with Gasteiger partial charge in [0.1, 0.15) is 6.04 Å². The number of nitrogens with one attached hydrogen (secondary N) is 1. The summed E-state index contributed by atoms with van der Waals surface area (Å²) in [6.45, 7) is 0. The SMILES string of the molecule is NC(=O)[C@@H](NC(=O)C(F)(F)Cl)c1ccccc1. The molecule has 0 unspecified atom stereocenters. The predicted octanol–water partition coefficient (Wildman–Crippen LogP) is 1.16. The highest BCUT2D eigenvalue weighted by atomic mass is 35.5. The molecule has 0 spiro atoms. The number of primary amides is 1. The quantitative estimate of drug-likeness (QED) is 0.799. The van der Waals surface area contributed by atoms with Crippen LogP contribution in [0.1, 0.15) is 11.6 Å². The van der Waals surface area contributed by atoms with E-state index in [0.717, 1.165) is 0 Å². The molecule has 0 aliphatic heterocycles. The maximum Gasteiger partial charge on any atom is 0.399 e. The Bertz CT molecular complexity index is 420. The van der Waals surface area contributed by atoms with E-state index < -0.39 is 23.2 Å². The molecule has 17 heavy (non-hydrogen) atoms. The van der Waals surface area contributed by atoms with Gasteiger partial charge in [-0.05, 0) is 17.2 Å². The smallest absolute Gasteiger partial charge is 0.368 e. The Hall–Kier alpha value is -1.69. The Kier molecular flexibility index (Phi) is 4.01. The van der Waals surface area contributed by atoms with Crippen molar-refractivity contribution in [1.82, 2.24) is 5.32 Å². The highest BCUT2D eigenvalue weighted by molar-refractivity contribution is 6.32. The van der Waals surface area contributed by atoms with Crippen LogP contribution in [0.5, 0.6) is 0 Å². The largest absolute Gasteiger partial charge is 0.399 e. The van der Waals surface area contributed by atoms with Crippen LogP contribution >= 0.6 is 11.6 Å². The van der Waals surface area contributed by atoms with E-state index in [-0.39, 0.29) is 0 Å². The minimum atomic E-state index is -4.08. The van der Waals surface area contributed by atoms with Crippen LogP contribution in [0.3, 0.4) is 0 Å². The molecular weight excluding hydrogens is 254 g/mol. The number of benzene rings is 1. The number of alkyl halides is 3. The number of carbonyl (C=O) groups excluding carboxylic acids is 2. The van der Waals surface area contributed by atoms with Gasteiger partial charge in [-0.2, -0.15) is 8.78 Å². The third-order valence-corrected chi connectivity index (χ3v) is 2.12. The second kappa shape index (κ2) is 5.09. The van der Waals surface area contributed by atoms with Crippen LogP contribution in [0, 0.1) is 0 Å². The van der Waals surface area contributed by atoms with Crippen LogP contribution in [-0.4, -0.2) is 17.2 Å². The highest BCUT2D eigenvalue weighted by Crippen LogP contribution is 2.21. The summed E-state index contributed by atoms with van der Waals surface area (Å²) >= 11 is 4.52. The van der Waals surface area contributed by atoms with Crippen LogP contribution in [0.4, 0.5) is 8.78 Å². The molecule has 4 nitrogen and oxygen atoms in total. The molecule has 0 heterocycles. The molecular formula is C10H9ClF2N2O2. The van der Waals surface area contributed by atoms with Crippen molar-refractivity contribution >= 4 is 23.4 Å². The standard InChI is InChI=1S/C10H9ClF2N2O2/c11-10(12,13)9(17)15-7(8(14)16)6-4-2-1-3-5-6/h1-5,7H,(H2,14,16)(H,15,17)/t7-/m0/s1. The van der Waals surface area contributed by atoms with E-state index in [1.54, 1.807) is 23.5 Å². The normalized spacial score (nSPS) is 12.9. The lowest BCUT2D eigenvalue weighted by molar-refractivity contribution is -0.138. The van der Waals surface area contributed by atoms with Gasteiger partial charge in [-0.15, -0.1) is 0 Å². The van der Waals surface area contributed by atoms with Gasteiger partial charge in [0.05, 0.1) is 0 Å². The summed E-state index contributed by atoms with van der Waals surface area (Å²) < 4.78 is 24.9. The zero-order valence-corrected chi connectivity index (χ0v) is 9.25. The molecule has 0 fully saturated rings. The lowest BCUT2D eigenvalue weighted by Crippen LogP contribution is -2.43. The summed E-state index contributed by atoms with van der Waals surface area (Å²) in [7, 11) is 0. The van der Waals surface area contributed by atoms with Crippen LogP contribution in [0.15, 0.2) is 30.3 Å². The minimum absolute atomic E-state index is 0.300. The fourth-order valence-corrected chi connectivity index (χ4v) is 1.23. The summed E-state index contributed by atoms with van der Waals surface area (Å²) in [5, 5.41) is -2.30. The molecule has 0 aliphatic carbocycles. The summed E-state index contributed by atoms with van der Waals surface area (Å²) in [6, 6.07) is 6.43. The molecule has 0 saturated heterocycles. The van der Waals surface area contributed by atoms with E-state index in [9.17, 15) is 18.4 Å². The highest BCUT2D eigenvalue weighted by Gasteiger charge is 2.38. The number of amides is 2. The molecule has 3 N–H and O–H groups in total. The van der Waals surface area contributed by atoms with Gasteiger partial charge in [-0.3, -0.25) is 9.59 Å². The van der Waals surface area contributed by atoms with Crippen molar-refractivity contribution in [2.45, 2.75) is 11.4 Å². The monoisotopic (exact) mass is 262 g/mol. The Morgan fingerprint density at radius 1 is 1.29 bits per heavy atom. The Morgan fingerprint density at radius 3 is 2.24 bits per heavy atom. The molecule has 2 amide bonds. The van der Waals surface area contributed by atoms with Gasteiger partial charge in [-0.25, -0.2) is 0 Å². The Labute approximate surface area is 101 Å². The summed E-state index contributed by atoms with van der Waals surface area (Å²) in [4.78, 5) is 22.0. The van der Waals surface area contributed by atoms with Gasteiger partial charge in [0, 0.05) is 0 Å². The molecule has 92 valence electrons. The maximum atomic E-state index is 12.5. The maximum absolute atomic E-state index is 12.5. The van der Waals surface area contributed by atoms with Crippen LogP contribution < -0.4 is 11.1 Å². The van der Waals surface area contributed by atoms with Crippen LogP contribution in [0.25, 0.3) is 0 Å². The number of halogens is 3. The van der Waals surface area contributed by atoms with E-state index in [1.165, 1.54) is 12.1 Å². The topological polar surface area (TPSA) is 72.2 Å². The third kappa shape index (κ3) is 3.67. The summed E-state index contributed by atoms with van der Waals surface area (Å²) in [5.41, 5.74) is 5.32. The van der Waals surface area contributed by atoms with E-state index in [0.29, 0.717) is 5.56 Å². The molecule has 1 aromatic rings. The van der Waals surface area contributed by atoms with Crippen molar-refractivity contribution in [3.63, 3.8) is 0 Å². The number of hydrogen-bond acceptors (Lipinski definition) is 2. The molecule has 0 aromatic heterocycles. The van der Waals surface area contributed by atoms with E-state index >= 15 is 0 Å². The Balaban J connectivity index is 2.90. The molecule has 0 aliphatic rings. The van der Waals surface area contributed by atoms with Gasteiger partial charge in [-0.1, -0.05) is 30.3 Å². The lowest BCUT2D eigenvalue weighted by Gasteiger charge is -2.17. The number of nitrogens with two attached hydrogens (primary N) is 1. The average Bonchev–Trinajstić information content (AvgIpc) is 2.25. The van der Waals surface area contributed by atoms with Crippen molar-refractivity contribution < 1.29 is 18.4 Å². The van der Waals surface area contributed by atoms with E-state index in [1.807, 2.05) is 0 Å². The van der Waals surface area contributed by atoms with Crippen molar-refractivity contribution in [3.05, 3.63) is 35.9 Å². The first-order valence-corrected chi connectivity index (χ1v) is 4.92. The van der Waals surface area contributed by atoms with Gasteiger partial charge < -0.3 is 11.1 Å². The van der Waals surface area contributed by atoms with Crippen molar-refractivity contribution in [2.75, 3.05) is 0 Å². The molecule has 0 bridgehead atoms. The predicted molar refractivity (Wildman–Crippen MR) is 57.3 cm³/mol. The summed E-state index contributed by atoms with van der Waals surface area (Å²) in [5.74, 6) is -2.72. The first kappa shape index (κ1) is 13.4. The first-order valence-electron chi connectivity index (χ1n) is 4.54. The zero-order valence-electron chi connectivity index (χ0n) is 8.49. The number of hydrogen-bond donors (Lipinski definition) is 2. The number of carbonyl (C=O) groups is 2.